The van der Waals surface area contributed by atoms with Crippen molar-refractivity contribution in [2.24, 2.45) is 0 Å². The molecule has 2 heterocycles. The van der Waals surface area contributed by atoms with Crippen LogP contribution in [0.1, 0.15) is 5.82 Å². The number of hydrogen-bond acceptors (Lipinski definition) is 4. The smallest absolute Gasteiger partial charge is 0.294 e. The summed E-state index contributed by atoms with van der Waals surface area (Å²) in [6, 6.07) is 6.98. The van der Waals surface area contributed by atoms with Crippen LogP contribution in [0, 0.1) is 12.7 Å². The van der Waals surface area contributed by atoms with Crippen molar-refractivity contribution >= 4 is 10.9 Å². The summed E-state index contributed by atoms with van der Waals surface area (Å²) in [4.78, 5) is 26.0. The zero-order valence-corrected chi connectivity index (χ0v) is 10.6. The van der Waals surface area contributed by atoms with Gasteiger partial charge in [0.25, 0.3) is 5.56 Å². The molecular formula is C14H10FN3O2. The summed E-state index contributed by atoms with van der Waals surface area (Å²) in [5, 5.41) is 0.410. The molecule has 0 aliphatic heterocycles. The van der Waals surface area contributed by atoms with E-state index in [1.807, 2.05) is 0 Å². The van der Waals surface area contributed by atoms with Crippen LogP contribution in [-0.4, -0.2) is 14.7 Å². The van der Waals surface area contributed by atoms with Gasteiger partial charge in [-0.05, 0) is 37.3 Å². The van der Waals surface area contributed by atoms with Crippen LogP contribution in [-0.2, 0) is 0 Å². The highest BCUT2D eigenvalue weighted by atomic mass is 19.1. The number of benzene rings is 1. The predicted octanol–water partition coefficient (Wildman–Crippen LogP) is 2.08. The molecule has 0 fully saturated rings. The van der Waals surface area contributed by atoms with Crippen molar-refractivity contribution < 1.29 is 9.23 Å². The average molecular weight is 271 g/mol. The first kappa shape index (κ1) is 12.3. The Balaban J connectivity index is 2.11. The van der Waals surface area contributed by atoms with E-state index < -0.39 is 0 Å². The van der Waals surface area contributed by atoms with E-state index in [9.17, 15) is 9.18 Å². The van der Waals surface area contributed by atoms with Gasteiger partial charge in [-0.15, -0.1) is 4.73 Å². The Hall–Kier alpha value is -2.76. The molecule has 5 nitrogen and oxygen atoms in total. The molecule has 0 bridgehead atoms. The quantitative estimate of drug-likeness (QED) is 0.716. The van der Waals surface area contributed by atoms with Crippen LogP contribution in [0.15, 0.2) is 47.5 Å². The Morgan fingerprint density at radius 3 is 2.70 bits per heavy atom. The molecule has 0 atom stereocenters. The van der Waals surface area contributed by atoms with Gasteiger partial charge in [0.1, 0.15) is 11.6 Å². The Kier molecular flexibility index (Phi) is 2.90. The molecule has 0 aliphatic carbocycles. The van der Waals surface area contributed by atoms with Crippen molar-refractivity contribution in [3.63, 3.8) is 0 Å². The lowest BCUT2D eigenvalue weighted by Gasteiger charge is -2.11. The van der Waals surface area contributed by atoms with Gasteiger partial charge >= 0.3 is 0 Å². The van der Waals surface area contributed by atoms with Crippen molar-refractivity contribution in [2.45, 2.75) is 6.92 Å². The monoisotopic (exact) mass is 271 g/mol. The average Bonchev–Trinajstić information content (AvgIpc) is 2.45. The Morgan fingerprint density at radius 1 is 1.20 bits per heavy atom. The van der Waals surface area contributed by atoms with Crippen molar-refractivity contribution in [1.29, 1.82) is 0 Å². The van der Waals surface area contributed by atoms with Crippen LogP contribution in [0.2, 0.25) is 0 Å². The van der Waals surface area contributed by atoms with Gasteiger partial charge in [0.15, 0.2) is 5.75 Å². The molecule has 0 N–H and O–H groups in total. The van der Waals surface area contributed by atoms with Crippen LogP contribution < -0.4 is 10.4 Å². The van der Waals surface area contributed by atoms with Gasteiger partial charge in [-0.2, -0.15) is 0 Å². The molecule has 0 saturated carbocycles. The van der Waals surface area contributed by atoms with Gasteiger partial charge in [0, 0.05) is 6.20 Å². The van der Waals surface area contributed by atoms with Gasteiger partial charge in [-0.25, -0.2) is 9.37 Å². The first-order valence-corrected chi connectivity index (χ1v) is 5.92. The van der Waals surface area contributed by atoms with E-state index in [1.165, 1.54) is 36.7 Å². The number of fused-ring (bicyclic) bond motifs is 1. The molecule has 0 spiro atoms. The van der Waals surface area contributed by atoms with E-state index in [0.717, 1.165) is 4.73 Å². The molecular weight excluding hydrogens is 261 g/mol. The largest absolute Gasteiger partial charge is 0.370 e. The summed E-state index contributed by atoms with van der Waals surface area (Å²) in [5.41, 5.74) is 0.174. The minimum atomic E-state index is -0.371. The third kappa shape index (κ3) is 2.11. The number of aromatic nitrogens is 3. The molecule has 0 amide bonds. The highest BCUT2D eigenvalue weighted by molar-refractivity contribution is 5.76. The van der Waals surface area contributed by atoms with E-state index >= 15 is 0 Å². The third-order valence-corrected chi connectivity index (χ3v) is 2.80. The van der Waals surface area contributed by atoms with Crippen molar-refractivity contribution in [3.8, 4) is 5.75 Å². The molecule has 100 valence electrons. The summed E-state index contributed by atoms with van der Waals surface area (Å²) in [7, 11) is 0. The zero-order valence-electron chi connectivity index (χ0n) is 10.6. The Labute approximate surface area is 113 Å². The SMILES string of the molecule is Cc1nc2cnccc2c(=O)n1Oc1ccc(F)cc1. The summed E-state index contributed by atoms with van der Waals surface area (Å²) in [5.74, 6) is 0.371. The molecule has 0 unspecified atom stereocenters. The summed E-state index contributed by atoms with van der Waals surface area (Å²) in [6.45, 7) is 1.65. The van der Waals surface area contributed by atoms with E-state index in [1.54, 1.807) is 13.0 Å². The maximum absolute atomic E-state index is 12.8. The van der Waals surface area contributed by atoms with E-state index in [0.29, 0.717) is 22.5 Å². The van der Waals surface area contributed by atoms with Gasteiger partial charge in [0.05, 0.1) is 17.1 Å². The number of halogens is 1. The molecule has 0 radical (unpaired) electrons. The van der Waals surface area contributed by atoms with Gasteiger partial charge in [0.2, 0.25) is 0 Å². The van der Waals surface area contributed by atoms with Gasteiger partial charge in [-0.3, -0.25) is 9.78 Å². The lowest BCUT2D eigenvalue weighted by atomic mass is 10.3. The summed E-state index contributed by atoms with van der Waals surface area (Å²) < 4.78 is 13.9. The van der Waals surface area contributed by atoms with Crippen LogP contribution in [0.3, 0.4) is 0 Å². The van der Waals surface area contributed by atoms with E-state index in [4.69, 9.17) is 4.84 Å². The molecule has 2 aromatic heterocycles. The predicted molar refractivity (Wildman–Crippen MR) is 71.0 cm³/mol. The van der Waals surface area contributed by atoms with Crippen LogP contribution in [0.4, 0.5) is 4.39 Å². The molecule has 3 aromatic rings. The molecule has 6 heteroatoms. The van der Waals surface area contributed by atoms with Crippen LogP contribution in [0.25, 0.3) is 10.9 Å². The van der Waals surface area contributed by atoms with Crippen molar-refractivity contribution in [1.82, 2.24) is 14.7 Å². The fourth-order valence-electron chi connectivity index (χ4n) is 1.84. The molecule has 3 rings (SSSR count). The van der Waals surface area contributed by atoms with E-state index in [-0.39, 0.29) is 11.4 Å². The number of pyridine rings is 1. The minimum absolute atomic E-state index is 0.334. The number of aryl methyl sites for hydroxylation is 1. The second-order valence-corrected chi connectivity index (χ2v) is 4.20. The minimum Gasteiger partial charge on any atom is -0.370 e. The number of rotatable bonds is 2. The maximum Gasteiger partial charge on any atom is 0.294 e. The maximum atomic E-state index is 12.8. The molecule has 20 heavy (non-hydrogen) atoms. The third-order valence-electron chi connectivity index (χ3n) is 2.80. The second-order valence-electron chi connectivity index (χ2n) is 4.20. The second kappa shape index (κ2) is 4.73. The first-order chi connectivity index (χ1) is 9.65. The topological polar surface area (TPSA) is 57.0 Å². The fraction of sp³-hybridized carbons (Fsp3) is 0.0714. The van der Waals surface area contributed by atoms with Gasteiger partial charge in [-0.1, -0.05) is 0 Å². The van der Waals surface area contributed by atoms with Crippen molar-refractivity contribution in [3.05, 3.63) is 64.7 Å². The fourth-order valence-corrected chi connectivity index (χ4v) is 1.84. The van der Waals surface area contributed by atoms with E-state index in [2.05, 4.69) is 9.97 Å². The molecule has 0 aliphatic rings. The lowest BCUT2D eigenvalue weighted by molar-refractivity contribution is 0.195. The highest BCUT2D eigenvalue weighted by Crippen LogP contribution is 2.13. The highest BCUT2D eigenvalue weighted by Gasteiger charge is 2.09. The Morgan fingerprint density at radius 2 is 1.95 bits per heavy atom. The number of hydrogen-bond donors (Lipinski definition) is 0. The standard InChI is InChI=1S/C14H10FN3O2/c1-9-17-13-8-16-7-6-12(13)14(19)18(9)20-11-4-2-10(15)3-5-11/h2-8H,1H3. The van der Waals surface area contributed by atoms with Crippen LogP contribution in [0.5, 0.6) is 5.75 Å². The van der Waals surface area contributed by atoms with Gasteiger partial charge < -0.3 is 4.84 Å². The zero-order chi connectivity index (χ0) is 14.1. The Bertz CT molecular complexity index is 828. The number of nitrogens with zero attached hydrogens (tertiary/aromatic N) is 3. The van der Waals surface area contributed by atoms with Crippen molar-refractivity contribution in [2.75, 3.05) is 0 Å². The molecule has 1 aromatic carbocycles. The normalized spacial score (nSPS) is 10.7. The summed E-state index contributed by atoms with van der Waals surface area (Å²) in [6.07, 6.45) is 3.04. The van der Waals surface area contributed by atoms with Crippen LogP contribution >= 0.6 is 0 Å². The lowest BCUT2D eigenvalue weighted by Crippen LogP contribution is -2.27. The molecule has 0 saturated heterocycles. The first-order valence-electron chi connectivity index (χ1n) is 5.92. The summed E-state index contributed by atoms with van der Waals surface area (Å²) >= 11 is 0.